The van der Waals surface area contributed by atoms with Gasteiger partial charge in [-0.25, -0.2) is 19.2 Å². The lowest BCUT2D eigenvalue weighted by atomic mass is 10.0. The monoisotopic (exact) mass is 471 g/mol. The molecule has 1 aromatic rings. The molecular formula is C21H29NO11. The predicted molar refractivity (Wildman–Crippen MR) is 112 cm³/mol. The van der Waals surface area contributed by atoms with Gasteiger partial charge in [-0.15, -0.1) is 0 Å². The molecule has 184 valence electrons. The van der Waals surface area contributed by atoms with Crippen LogP contribution in [-0.2, 0) is 39.9 Å². The fraction of sp³-hybridized carbons (Fsp3) is 0.524. The zero-order valence-corrected chi connectivity index (χ0v) is 18.6. The Morgan fingerprint density at radius 1 is 0.788 bits per heavy atom. The molecule has 0 aliphatic rings. The maximum absolute atomic E-state index is 12.5. The third-order valence-corrected chi connectivity index (χ3v) is 4.45. The smallest absolute Gasteiger partial charge is 0.408 e. The topological polar surface area (TPSA) is 178 Å². The lowest BCUT2D eigenvalue weighted by molar-refractivity contribution is -0.159. The van der Waals surface area contributed by atoms with E-state index in [1.165, 1.54) is 20.8 Å². The number of hydrogen-bond acceptors (Lipinski definition) is 8. The SMILES string of the molecule is CC(OCC(COC(C)C(=O)O)(COC(C)C(=O)O)NC(=O)OCc1ccccc1)C(=O)O. The van der Waals surface area contributed by atoms with Gasteiger partial charge in [0.25, 0.3) is 0 Å². The number of alkyl carbamates (subject to hydrolysis) is 1. The fourth-order valence-electron chi connectivity index (χ4n) is 2.28. The van der Waals surface area contributed by atoms with Crippen LogP contribution in [-0.4, -0.2) is 83.0 Å². The number of amides is 1. The normalized spacial score (nSPS) is 15.5. The van der Waals surface area contributed by atoms with Crippen LogP contribution in [0.5, 0.6) is 0 Å². The number of carbonyl (C=O) groups is 4. The number of nitrogens with one attached hydrogen (secondary N) is 1. The number of benzene rings is 1. The third-order valence-electron chi connectivity index (χ3n) is 4.45. The van der Waals surface area contributed by atoms with E-state index in [9.17, 15) is 19.2 Å². The molecule has 12 heteroatoms. The van der Waals surface area contributed by atoms with E-state index in [1.54, 1.807) is 30.3 Å². The molecule has 0 saturated carbocycles. The van der Waals surface area contributed by atoms with Gasteiger partial charge in [-0.05, 0) is 26.3 Å². The Balaban J connectivity index is 3.06. The van der Waals surface area contributed by atoms with Crippen LogP contribution in [0.1, 0.15) is 26.3 Å². The highest BCUT2D eigenvalue weighted by Gasteiger charge is 2.38. The van der Waals surface area contributed by atoms with E-state index in [4.69, 9.17) is 34.3 Å². The van der Waals surface area contributed by atoms with Gasteiger partial charge in [0, 0.05) is 0 Å². The summed E-state index contributed by atoms with van der Waals surface area (Å²) in [6.45, 7) is 2.17. The summed E-state index contributed by atoms with van der Waals surface area (Å²) in [6, 6.07) is 8.76. The maximum atomic E-state index is 12.5. The Morgan fingerprint density at radius 2 is 1.18 bits per heavy atom. The Morgan fingerprint density at radius 3 is 1.55 bits per heavy atom. The van der Waals surface area contributed by atoms with Crippen molar-refractivity contribution < 1.29 is 53.4 Å². The van der Waals surface area contributed by atoms with E-state index < -0.39 is 67.7 Å². The van der Waals surface area contributed by atoms with Crippen molar-refractivity contribution in [2.45, 2.75) is 51.2 Å². The summed E-state index contributed by atoms with van der Waals surface area (Å²) in [7, 11) is 0. The lowest BCUT2D eigenvalue weighted by Crippen LogP contribution is -2.60. The van der Waals surface area contributed by atoms with E-state index in [0.717, 1.165) is 0 Å². The molecule has 12 nitrogen and oxygen atoms in total. The number of carboxylic acids is 3. The molecule has 1 aromatic carbocycles. The van der Waals surface area contributed by atoms with Crippen molar-refractivity contribution in [2.24, 2.45) is 0 Å². The fourth-order valence-corrected chi connectivity index (χ4v) is 2.28. The predicted octanol–water partition coefficient (Wildman–Crippen LogP) is 1.12. The minimum Gasteiger partial charge on any atom is -0.479 e. The van der Waals surface area contributed by atoms with Gasteiger partial charge in [-0.1, -0.05) is 30.3 Å². The van der Waals surface area contributed by atoms with Crippen LogP contribution in [0.25, 0.3) is 0 Å². The largest absolute Gasteiger partial charge is 0.479 e. The molecule has 1 rings (SSSR count). The Hall–Kier alpha value is -3.22. The second-order valence-electron chi connectivity index (χ2n) is 7.34. The highest BCUT2D eigenvalue weighted by atomic mass is 16.6. The summed E-state index contributed by atoms with van der Waals surface area (Å²) in [5.41, 5.74) is -0.967. The van der Waals surface area contributed by atoms with Crippen molar-refractivity contribution in [3.63, 3.8) is 0 Å². The average Bonchev–Trinajstić information content (AvgIpc) is 2.78. The molecule has 33 heavy (non-hydrogen) atoms. The summed E-state index contributed by atoms with van der Waals surface area (Å²) in [5.74, 6) is -3.85. The van der Waals surface area contributed by atoms with Crippen molar-refractivity contribution >= 4 is 24.0 Å². The molecule has 0 radical (unpaired) electrons. The zero-order chi connectivity index (χ0) is 25.0. The molecule has 0 heterocycles. The minimum absolute atomic E-state index is 0.0894. The van der Waals surface area contributed by atoms with Crippen LogP contribution in [0, 0.1) is 0 Å². The molecule has 4 N–H and O–H groups in total. The van der Waals surface area contributed by atoms with E-state index in [0.29, 0.717) is 5.56 Å². The third kappa shape index (κ3) is 10.3. The van der Waals surface area contributed by atoms with E-state index in [2.05, 4.69) is 5.32 Å². The molecule has 0 aromatic heterocycles. The van der Waals surface area contributed by atoms with E-state index >= 15 is 0 Å². The first-order valence-electron chi connectivity index (χ1n) is 9.98. The molecule has 0 saturated heterocycles. The highest BCUT2D eigenvalue weighted by molar-refractivity contribution is 5.72. The minimum atomic E-state index is -1.66. The molecule has 3 atom stereocenters. The second-order valence-corrected chi connectivity index (χ2v) is 7.34. The van der Waals surface area contributed by atoms with Crippen LogP contribution in [0.4, 0.5) is 4.79 Å². The summed E-state index contributed by atoms with van der Waals surface area (Å²) >= 11 is 0. The maximum Gasteiger partial charge on any atom is 0.408 e. The molecule has 3 unspecified atom stereocenters. The molecule has 0 bridgehead atoms. The van der Waals surface area contributed by atoms with Crippen molar-refractivity contribution in [3.05, 3.63) is 35.9 Å². The van der Waals surface area contributed by atoms with E-state index in [1.807, 2.05) is 0 Å². The van der Waals surface area contributed by atoms with Gasteiger partial charge >= 0.3 is 24.0 Å². The van der Waals surface area contributed by atoms with Gasteiger partial charge < -0.3 is 39.6 Å². The molecule has 0 fully saturated rings. The number of carboxylic acid groups (broad SMARTS) is 3. The van der Waals surface area contributed by atoms with Crippen LogP contribution >= 0.6 is 0 Å². The van der Waals surface area contributed by atoms with Crippen molar-refractivity contribution in [1.82, 2.24) is 5.32 Å². The quantitative estimate of drug-likeness (QED) is 0.288. The Kier molecular flexibility index (Phi) is 11.3. The lowest BCUT2D eigenvalue weighted by Gasteiger charge is -2.35. The van der Waals surface area contributed by atoms with Gasteiger partial charge in [0.15, 0.2) is 18.3 Å². The number of carbonyl (C=O) groups excluding carboxylic acids is 1. The Bertz CT molecular complexity index is 739. The van der Waals surface area contributed by atoms with Gasteiger partial charge in [-0.2, -0.15) is 0 Å². The van der Waals surface area contributed by atoms with E-state index in [-0.39, 0.29) is 6.61 Å². The second kappa shape index (κ2) is 13.4. The van der Waals surface area contributed by atoms with Gasteiger partial charge in [0.05, 0.1) is 19.8 Å². The summed E-state index contributed by atoms with van der Waals surface area (Å²) < 4.78 is 21.1. The van der Waals surface area contributed by atoms with Gasteiger partial charge in [-0.3, -0.25) is 0 Å². The summed E-state index contributed by atoms with van der Waals surface area (Å²) in [6.07, 6.45) is -4.83. The van der Waals surface area contributed by atoms with Crippen LogP contribution in [0.2, 0.25) is 0 Å². The summed E-state index contributed by atoms with van der Waals surface area (Å²) in [5, 5.41) is 29.8. The molecule has 0 spiro atoms. The average molecular weight is 471 g/mol. The molecule has 0 aliphatic heterocycles. The van der Waals surface area contributed by atoms with Crippen molar-refractivity contribution in [2.75, 3.05) is 19.8 Å². The number of rotatable bonds is 15. The number of ether oxygens (including phenoxy) is 4. The van der Waals surface area contributed by atoms with Crippen LogP contribution in [0.3, 0.4) is 0 Å². The standard InChI is InChI=1S/C21H29NO11/c1-13(17(23)24)31-10-21(11-32-14(2)18(25)26,12-33-15(3)19(27)28)22-20(29)30-9-16-7-5-4-6-8-16/h4-8,13-15H,9-12H2,1-3H3,(H,22,29)(H,23,24)(H,25,26)(H,27,28). The highest BCUT2D eigenvalue weighted by Crippen LogP contribution is 2.14. The number of aliphatic carboxylic acids is 3. The first-order valence-corrected chi connectivity index (χ1v) is 9.98. The van der Waals surface area contributed by atoms with Gasteiger partial charge in [0.1, 0.15) is 12.1 Å². The van der Waals surface area contributed by atoms with Gasteiger partial charge in [0.2, 0.25) is 0 Å². The zero-order valence-electron chi connectivity index (χ0n) is 18.6. The first kappa shape index (κ1) is 27.8. The number of hydrogen-bond donors (Lipinski definition) is 4. The molecule has 0 aliphatic carbocycles. The van der Waals surface area contributed by atoms with Crippen LogP contribution in [0.15, 0.2) is 30.3 Å². The molecule has 1 amide bonds. The van der Waals surface area contributed by atoms with Crippen molar-refractivity contribution in [1.29, 1.82) is 0 Å². The van der Waals surface area contributed by atoms with Crippen LogP contribution < -0.4 is 5.32 Å². The summed E-state index contributed by atoms with van der Waals surface area (Å²) in [4.78, 5) is 46.0. The van der Waals surface area contributed by atoms with Crippen molar-refractivity contribution in [3.8, 4) is 0 Å². The molecular weight excluding hydrogens is 442 g/mol. The Labute approximate surface area is 190 Å². The first-order chi connectivity index (χ1) is 15.5.